The number of aromatic nitrogens is 1. The third kappa shape index (κ3) is 3.00. The van der Waals surface area contributed by atoms with Crippen LogP contribution in [0.2, 0.25) is 0 Å². The average Bonchev–Trinajstić information content (AvgIpc) is 3.05. The van der Waals surface area contributed by atoms with Gasteiger partial charge < -0.3 is 19.0 Å². The molecule has 0 radical (unpaired) electrons. The summed E-state index contributed by atoms with van der Waals surface area (Å²) in [6.07, 6.45) is 5.96. The van der Waals surface area contributed by atoms with Gasteiger partial charge in [0, 0.05) is 17.8 Å². The smallest absolute Gasteiger partial charge is 0.399 e. The lowest BCUT2D eigenvalue weighted by molar-refractivity contribution is 0.00578. The summed E-state index contributed by atoms with van der Waals surface area (Å²) in [5, 5.41) is 11.4. The zero-order chi connectivity index (χ0) is 18.7. The molecular formula is C21H30BNO3. The molecule has 1 N–H and O–H groups in total. The third-order valence-corrected chi connectivity index (χ3v) is 6.70. The summed E-state index contributed by atoms with van der Waals surface area (Å²) in [6, 6.07) is 9.14. The standard InChI is InChI=1S/C21H30BNO3/c1-19(2)20(3,4)26-22(25-19)16-6-7-18-15(14-16)10-13-23(18)17-8-11-21(5,24)12-9-17/h6-7,10,13-14,17,24H,8-9,11-12H2,1-5H3/t17-,21-. The van der Waals surface area contributed by atoms with Crippen LogP contribution in [0.1, 0.15) is 66.3 Å². The van der Waals surface area contributed by atoms with Crippen molar-refractivity contribution in [3.05, 3.63) is 30.5 Å². The molecule has 4 rings (SSSR count). The molecule has 0 amide bonds. The molecule has 5 heteroatoms. The van der Waals surface area contributed by atoms with Crippen molar-refractivity contribution in [1.82, 2.24) is 4.57 Å². The molecule has 1 aliphatic carbocycles. The summed E-state index contributed by atoms with van der Waals surface area (Å²) >= 11 is 0. The second-order valence-corrected chi connectivity index (χ2v) is 9.36. The van der Waals surface area contributed by atoms with E-state index in [1.54, 1.807) is 0 Å². The topological polar surface area (TPSA) is 43.6 Å². The van der Waals surface area contributed by atoms with Crippen molar-refractivity contribution in [1.29, 1.82) is 0 Å². The van der Waals surface area contributed by atoms with Gasteiger partial charge >= 0.3 is 7.12 Å². The Kier molecular flexibility index (Phi) is 4.07. The van der Waals surface area contributed by atoms with Gasteiger partial charge in [0.2, 0.25) is 0 Å². The molecule has 2 aliphatic rings. The van der Waals surface area contributed by atoms with E-state index in [2.05, 4.69) is 62.7 Å². The Balaban J connectivity index is 1.59. The minimum atomic E-state index is -0.497. The fourth-order valence-electron chi connectivity index (χ4n) is 4.13. The van der Waals surface area contributed by atoms with Crippen LogP contribution in [-0.2, 0) is 9.31 Å². The van der Waals surface area contributed by atoms with E-state index in [1.165, 1.54) is 10.9 Å². The van der Waals surface area contributed by atoms with Crippen molar-refractivity contribution < 1.29 is 14.4 Å². The Bertz CT molecular complexity index is 798. The fraction of sp³-hybridized carbons (Fsp3) is 0.619. The van der Waals surface area contributed by atoms with Gasteiger partial charge in [0.05, 0.1) is 16.8 Å². The van der Waals surface area contributed by atoms with Gasteiger partial charge in [-0.15, -0.1) is 0 Å². The normalized spacial score (nSPS) is 30.8. The van der Waals surface area contributed by atoms with E-state index in [9.17, 15) is 5.11 Å². The summed E-state index contributed by atoms with van der Waals surface area (Å²) < 4.78 is 14.8. The van der Waals surface area contributed by atoms with Crippen molar-refractivity contribution in [2.45, 2.75) is 83.1 Å². The maximum absolute atomic E-state index is 10.2. The monoisotopic (exact) mass is 355 g/mol. The quantitative estimate of drug-likeness (QED) is 0.834. The highest BCUT2D eigenvalue weighted by molar-refractivity contribution is 6.62. The van der Waals surface area contributed by atoms with Gasteiger partial charge in [-0.2, -0.15) is 0 Å². The highest BCUT2D eigenvalue weighted by Gasteiger charge is 2.51. The molecule has 4 nitrogen and oxygen atoms in total. The molecule has 1 saturated carbocycles. The summed E-state index contributed by atoms with van der Waals surface area (Å²) in [5.41, 5.74) is 1.18. The second-order valence-electron chi connectivity index (χ2n) is 9.36. The van der Waals surface area contributed by atoms with Crippen molar-refractivity contribution in [2.75, 3.05) is 0 Å². The first-order chi connectivity index (χ1) is 12.1. The van der Waals surface area contributed by atoms with Crippen molar-refractivity contribution in [3.63, 3.8) is 0 Å². The van der Waals surface area contributed by atoms with Gasteiger partial charge in [0.25, 0.3) is 0 Å². The van der Waals surface area contributed by atoms with Gasteiger partial charge in [0.15, 0.2) is 0 Å². The van der Waals surface area contributed by atoms with Crippen molar-refractivity contribution in [2.24, 2.45) is 0 Å². The lowest BCUT2D eigenvalue weighted by atomic mass is 9.78. The number of rotatable bonds is 2. The molecule has 1 aromatic heterocycles. The van der Waals surface area contributed by atoms with Crippen LogP contribution in [0.25, 0.3) is 10.9 Å². The van der Waals surface area contributed by atoms with Crippen LogP contribution < -0.4 is 5.46 Å². The number of benzene rings is 1. The first-order valence-electron chi connectivity index (χ1n) is 9.77. The minimum absolute atomic E-state index is 0.322. The van der Waals surface area contributed by atoms with Crippen LogP contribution in [0, 0.1) is 0 Å². The summed E-state index contributed by atoms with van der Waals surface area (Å²) in [4.78, 5) is 0. The fourth-order valence-corrected chi connectivity index (χ4v) is 4.13. The Labute approximate surface area is 156 Å². The number of nitrogens with zero attached hydrogens (tertiary/aromatic N) is 1. The Morgan fingerprint density at radius 2 is 1.62 bits per heavy atom. The highest BCUT2D eigenvalue weighted by Crippen LogP contribution is 2.38. The number of hydrogen-bond donors (Lipinski definition) is 1. The average molecular weight is 355 g/mol. The van der Waals surface area contributed by atoms with E-state index >= 15 is 0 Å². The van der Waals surface area contributed by atoms with E-state index in [4.69, 9.17) is 9.31 Å². The zero-order valence-electron chi connectivity index (χ0n) is 16.6. The molecule has 140 valence electrons. The van der Waals surface area contributed by atoms with Gasteiger partial charge in [-0.1, -0.05) is 12.1 Å². The maximum Gasteiger partial charge on any atom is 0.494 e. The van der Waals surface area contributed by atoms with Gasteiger partial charge in [0.1, 0.15) is 0 Å². The molecule has 0 atom stereocenters. The lowest BCUT2D eigenvalue weighted by Gasteiger charge is -2.34. The summed E-state index contributed by atoms with van der Waals surface area (Å²) in [7, 11) is -0.322. The Morgan fingerprint density at radius 3 is 2.23 bits per heavy atom. The summed E-state index contributed by atoms with van der Waals surface area (Å²) in [6.45, 7) is 10.3. The first kappa shape index (κ1) is 18.1. The van der Waals surface area contributed by atoms with Crippen LogP contribution in [0.3, 0.4) is 0 Å². The SMILES string of the molecule is CC1(C)OB(c2ccc3c(ccn3[C@H]3CC[C@](C)(O)CC3)c2)OC1(C)C. The molecule has 1 aromatic carbocycles. The first-order valence-corrected chi connectivity index (χ1v) is 9.77. The van der Waals surface area contributed by atoms with Gasteiger partial charge in [-0.25, -0.2) is 0 Å². The van der Waals surface area contributed by atoms with Crippen LogP contribution in [-0.4, -0.2) is 33.6 Å². The highest BCUT2D eigenvalue weighted by atomic mass is 16.7. The number of fused-ring (bicyclic) bond motifs is 1. The molecule has 2 heterocycles. The molecule has 0 spiro atoms. The Morgan fingerprint density at radius 1 is 1.00 bits per heavy atom. The number of aliphatic hydroxyl groups is 1. The van der Waals surface area contributed by atoms with E-state index in [0.717, 1.165) is 31.1 Å². The predicted octanol–water partition coefficient (Wildman–Crippen LogP) is 3.81. The third-order valence-electron chi connectivity index (χ3n) is 6.70. The van der Waals surface area contributed by atoms with Crippen LogP contribution in [0.15, 0.2) is 30.5 Å². The Hall–Kier alpha value is -1.30. The lowest BCUT2D eigenvalue weighted by Crippen LogP contribution is -2.41. The maximum atomic E-state index is 10.2. The molecule has 2 aromatic rings. The molecule has 1 aliphatic heterocycles. The van der Waals surface area contributed by atoms with Crippen molar-refractivity contribution in [3.8, 4) is 0 Å². The van der Waals surface area contributed by atoms with E-state index in [1.807, 2.05) is 6.92 Å². The second kappa shape index (κ2) is 5.85. The van der Waals surface area contributed by atoms with E-state index in [-0.39, 0.29) is 18.3 Å². The van der Waals surface area contributed by atoms with Gasteiger partial charge in [-0.3, -0.25) is 0 Å². The van der Waals surface area contributed by atoms with Crippen LogP contribution in [0.5, 0.6) is 0 Å². The predicted molar refractivity (Wildman–Crippen MR) is 106 cm³/mol. The van der Waals surface area contributed by atoms with Crippen molar-refractivity contribution >= 4 is 23.5 Å². The molecule has 1 saturated heterocycles. The van der Waals surface area contributed by atoms with Crippen LogP contribution in [0.4, 0.5) is 0 Å². The number of hydrogen-bond acceptors (Lipinski definition) is 3. The van der Waals surface area contributed by atoms with E-state index < -0.39 is 5.60 Å². The van der Waals surface area contributed by atoms with Crippen LogP contribution >= 0.6 is 0 Å². The molecule has 2 fully saturated rings. The van der Waals surface area contributed by atoms with E-state index in [0.29, 0.717) is 6.04 Å². The minimum Gasteiger partial charge on any atom is -0.399 e. The molecule has 0 unspecified atom stereocenters. The zero-order valence-corrected chi connectivity index (χ0v) is 16.6. The molecular weight excluding hydrogens is 325 g/mol. The van der Waals surface area contributed by atoms with Gasteiger partial charge in [-0.05, 0) is 83.3 Å². The molecule has 26 heavy (non-hydrogen) atoms. The molecule has 0 bridgehead atoms. The largest absolute Gasteiger partial charge is 0.494 e. The summed E-state index contributed by atoms with van der Waals surface area (Å²) in [5.74, 6) is 0.